The van der Waals surface area contributed by atoms with Crippen LogP contribution in [0.5, 0.6) is 0 Å². The fourth-order valence-electron chi connectivity index (χ4n) is 2.57. The number of carbonyl (C=O) groups excluding carboxylic acids is 2. The Labute approximate surface area is 165 Å². The number of hydrogen-bond donors (Lipinski definition) is 2. The van der Waals surface area contributed by atoms with Crippen LogP contribution in [0.3, 0.4) is 0 Å². The van der Waals surface area contributed by atoms with E-state index in [0.717, 1.165) is 12.1 Å². The fraction of sp³-hybridized carbons (Fsp3) is 0.263. The summed E-state index contributed by atoms with van der Waals surface area (Å²) in [7, 11) is 0. The standard InChI is InChI=1S/C19H20F2N4O4/c1-3-24(11-18(27)23-19-14(20)5-4-6-15(19)21)10-17(26)22-16-8-7-13(25(28)29)9-12(16)2/h4-9H,3,10-11H2,1-2H3,(H,22,26)(H,23,27). The van der Waals surface area contributed by atoms with E-state index in [0.29, 0.717) is 17.8 Å². The Morgan fingerprint density at radius 3 is 2.17 bits per heavy atom. The van der Waals surface area contributed by atoms with E-state index in [1.54, 1.807) is 13.8 Å². The van der Waals surface area contributed by atoms with E-state index in [-0.39, 0.29) is 18.8 Å². The third-order valence-corrected chi connectivity index (χ3v) is 4.10. The number of hydrogen-bond acceptors (Lipinski definition) is 5. The van der Waals surface area contributed by atoms with Gasteiger partial charge in [-0.2, -0.15) is 0 Å². The number of aryl methyl sites for hydroxylation is 1. The minimum absolute atomic E-state index is 0.0901. The van der Waals surface area contributed by atoms with Gasteiger partial charge in [-0.15, -0.1) is 0 Å². The van der Waals surface area contributed by atoms with Crippen LogP contribution in [-0.4, -0.2) is 41.3 Å². The summed E-state index contributed by atoms with van der Waals surface area (Å²) in [4.78, 5) is 36.1. The molecule has 0 aliphatic carbocycles. The number of rotatable bonds is 8. The van der Waals surface area contributed by atoms with E-state index in [9.17, 15) is 28.5 Å². The molecule has 0 aliphatic heterocycles. The third kappa shape index (κ3) is 6.04. The van der Waals surface area contributed by atoms with Crippen molar-refractivity contribution in [3.05, 3.63) is 63.7 Å². The zero-order chi connectivity index (χ0) is 21.6. The maximum atomic E-state index is 13.6. The molecule has 0 saturated carbocycles. The van der Waals surface area contributed by atoms with Gasteiger partial charge >= 0.3 is 0 Å². The second-order valence-corrected chi connectivity index (χ2v) is 6.25. The van der Waals surface area contributed by atoms with Crippen LogP contribution >= 0.6 is 0 Å². The Kier molecular flexibility index (Phi) is 7.32. The van der Waals surface area contributed by atoms with Gasteiger partial charge in [-0.1, -0.05) is 13.0 Å². The van der Waals surface area contributed by atoms with Crippen molar-refractivity contribution in [1.82, 2.24) is 4.90 Å². The molecule has 0 spiro atoms. The smallest absolute Gasteiger partial charge is 0.269 e. The summed E-state index contributed by atoms with van der Waals surface area (Å²) in [5, 5.41) is 15.6. The molecule has 0 unspecified atom stereocenters. The first kappa shape index (κ1) is 21.9. The number of amides is 2. The number of nitro groups is 1. The molecule has 0 aliphatic rings. The van der Waals surface area contributed by atoms with Gasteiger partial charge in [0.1, 0.15) is 17.3 Å². The number of para-hydroxylation sites is 1. The molecule has 8 nitrogen and oxygen atoms in total. The molecule has 10 heteroatoms. The maximum Gasteiger partial charge on any atom is 0.269 e. The number of carbonyl (C=O) groups is 2. The predicted octanol–water partition coefficient (Wildman–Crippen LogP) is 3.08. The quantitative estimate of drug-likeness (QED) is 0.518. The van der Waals surface area contributed by atoms with Gasteiger partial charge in [-0.05, 0) is 37.2 Å². The molecule has 2 rings (SSSR count). The fourth-order valence-corrected chi connectivity index (χ4v) is 2.57. The number of likely N-dealkylation sites (N-methyl/N-ethyl adjacent to an activating group) is 1. The van der Waals surface area contributed by atoms with Crippen LogP contribution in [-0.2, 0) is 9.59 Å². The summed E-state index contributed by atoms with van der Waals surface area (Å²) >= 11 is 0. The molecule has 154 valence electrons. The lowest BCUT2D eigenvalue weighted by molar-refractivity contribution is -0.384. The molecule has 0 atom stereocenters. The van der Waals surface area contributed by atoms with Crippen LogP contribution in [0.1, 0.15) is 12.5 Å². The number of non-ortho nitro benzene ring substituents is 1. The highest BCUT2D eigenvalue weighted by molar-refractivity contribution is 5.95. The molecular weight excluding hydrogens is 386 g/mol. The number of benzene rings is 2. The lowest BCUT2D eigenvalue weighted by atomic mass is 10.2. The number of nitrogens with zero attached hydrogens (tertiary/aromatic N) is 2. The molecule has 0 heterocycles. The number of halogens is 2. The Morgan fingerprint density at radius 1 is 1.07 bits per heavy atom. The van der Waals surface area contributed by atoms with Gasteiger partial charge in [0.25, 0.3) is 5.69 Å². The summed E-state index contributed by atoms with van der Waals surface area (Å²) < 4.78 is 27.2. The molecule has 0 aromatic heterocycles. The van der Waals surface area contributed by atoms with Gasteiger partial charge in [0.05, 0.1) is 18.0 Å². The zero-order valence-electron chi connectivity index (χ0n) is 15.9. The van der Waals surface area contributed by atoms with Crippen molar-refractivity contribution < 1.29 is 23.3 Å². The number of nitrogens with one attached hydrogen (secondary N) is 2. The SMILES string of the molecule is CCN(CC(=O)Nc1ccc([N+](=O)[O-])cc1C)CC(=O)Nc1c(F)cccc1F. The van der Waals surface area contributed by atoms with Crippen molar-refractivity contribution in [2.75, 3.05) is 30.3 Å². The summed E-state index contributed by atoms with van der Waals surface area (Å²) in [6.07, 6.45) is 0. The van der Waals surface area contributed by atoms with Crippen molar-refractivity contribution in [3.63, 3.8) is 0 Å². The maximum absolute atomic E-state index is 13.6. The Morgan fingerprint density at radius 2 is 1.66 bits per heavy atom. The minimum Gasteiger partial charge on any atom is -0.325 e. The van der Waals surface area contributed by atoms with Crippen LogP contribution < -0.4 is 10.6 Å². The summed E-state index contributed by atoms with van der Waals surface area (Å²) in [6.45, 7) is 3.27. The molecule has 2 amide bonds. The molecule has 0 radical (unpaired) electrons. The molecule has 0 fully saturated rings. The topological polar surface area (TPSA) is 105 Å². The summed E-state index contributed by atoms with van der Waals surface area (Å²) in [6, 6.07) is 7.27. The highest BCUT2D eigenvalue weighted by Crippen LogP contribution is 2.21. The summed E-state index contributed by atoms with van der Waals surface area (Å²) in [5.41, 5.74) is 0.296. The molecular formula is C19H20F2N4O4. The Bertz CT molecular complexity index is 916. The van der Waals surface area contributed by atoms with Crippen molar-refractivity contribution in [2.24, 2.45) is 0 Å². The van der Waals surface area contributed by atoms with E-state index in [1.807, 2.05) is 0 Å². The van der Waals surface area contributed by atoms with E-state index in [2.05, 4.69) is 10.6 Å². The zero-order valence-corrected chi connectivity index (χ0v) is 15.9. The third-order valence-electron chi connectivity index (χ3n) is 4.10. The van der Waals surface area contributed by atoms with E-state index >= 15 is 0 Å². The van der Waals surface area contributed by atoms with Crippen molar-refractivity contribution in [3.8, 4) is 0 Å². The second kappa shape index (κ2) is 9.69. The minimum atomic E-state index is -0.896. The molecule has 2 N–H and O–H groups in total. The molecule has 2 aromatic rings. The summed E-state index contributed by atoms with van der Waals surface area (Å²) in [5.74, 6) is -2.90. The van der Waals surface area contributed by atoms with E-state index < -0.39 is 34.1 Å². The molecule has 29 heavy (non-hydrogen) atoms. The first-order valence-corrected chi connectivity index (χ1v) is 8.72. The molecule has 0 bridgehead atoms. The largest absolute Gasteiger partial charge is 0.325 e. The van der Waals surface area contributed by atoms with Crippen molar-refractivity contribution in [1.29, 1.82) is 0 Å². The average Bonchev–Trinajstić information content (AvgIpc) is 2.65. The van der Waals surface area contributed by atoms with Crippen molar-refractivity contribution in [2.45, 2.75) is 13.8 Å². The highest BCUT2D eigenvalue weighted by Gasteiger charge is 2.17. The van der Waals surface area contributed by atoms with Crippen LogP contribution in [0, 0.1) is 28.7 Å². The first-order valence-electron chi connectivity index (χ1n) is 8.72. The van der Waals surface area contributed by atoms with E-state index in [1.165, 1.54) is 29.2 Å². The first-order chi connectivity index (χ1) is 13.7. The predicted molar refractivity (Wildman–Crippen MR) is 104 cm³/mol. The number of nitro benzene ring substituents is 1. The van der Waals surface area contributed by atoms with Gasteiger partial charge in [-0.25, -0.2) is 8.78 Å². The highest BCUT2D eigenvalue weighted by atomic mass is 19.1. The van der Waals surface area contributed by atoms with Gasteiger partial charge < -0.3 is 10.6 Å². The van der Waals surface area contributed by atoms with Crippen LogP contribution in [0.15, 0.2) is 36.4 Å². The van der Waals surface area contributed by atoms with Gasteiger partial charge in [0, 0.05) is 17.8 Å². The van der Waals surface area contributed by atoms with Gasteiger partial charge in [0.2, 0.25) is 11.8 Å². The monoisotopic (exact) mass is 406 g/mol. The van der Waals surface area contributed by atoms with Crippen LogP contribution in [0.25, 0.3) is 0 Å². The Balaban J connectivity index is 1.96. The van der Waals surface area contributed by atoms with Crippen molar-refractivity contribution >= 4 is 28.9 Å². The number of anilines is 2. The van der Waals surface area contributed by atoms with Gasteiger partial charge in [0.15, 0.2) is 0 Å². The van der Waals surface area contributed by atoms with Crippen LogP contribution in [0.2, 0.25) is 0 Å². The Hall–Kier alpha value is -3.40. The van der Waals surface area contributed by atoms with E-state index in [4.69, 9.17) is 0 Å². The average molecular weight is 406 g/mol. The van der Waals surface area contributed by atoms with Gasteiger partial charge in [-0.3, -0.25) is 24.6 Å². The van der Waals surface area contributed by atoms with Crippen LogP contribution in [0.4, 0.5) is 25.8 Å². The second-order valence-electron chi connectivity index (χ2n) is 6.25. The molecule has 2 aromatic carbocycles. The lowest BCUT2D eigenvalue weighted by Crippen LogP contribution is -2.39. The normalized spacial score (nSPS) is 10.7. The lowest BCUT2D eigenvalue weighted by Gasteiger charge is -2.20. The molecule has 0 saturated heterocycles.